The molecule has 1 aromatic carbocycles. The van der Waals surface area contributed by atoms with Crippen molar-refractivity contribution >= 4 is 29.3 Å². The van der Waals surface area contributed by atoms with E-state index in [2.05, 4.69) is 5.32 Å². The first-order chi connectivity index (χ1) is 9.90. The fourth-order valence-corrected chi connectivity index (χ4v) is 2.15. The first kappa shape index (κ1) is 17.3. The van der Waals surface area contributed by atoms with E-state index in [0.29, 0.717) is 18.2 Å². The Morgan fingerprint density at radius 3 is 2.67 bits per heavy atom. The standard InChI is InChI=1S/C14H19ClN2O4/c1-4-17(9(2)8-21-3)14(20)16-12-6-5-10(15)7-11(12)13(18)19/h5-7,9H,4,8H2,1-3H3,(H,16,20)(H,18,19). The number of nitrogens with zero attached hydrogens (tertiary/aromatic N) is 1. The molecule has 1 unspecified atom stereocenters. The van der Waals surface area contributed by atoms with Crippen LogP contribution in [0.1, 0.15) is 24.2 Å². The summed E-state index contributed by atoms with van der Waals surface area (Å²) >= 11 is 5.78. The van der Waals surface area contributed by atoms with Crippen LogP contribution in [-0.2, 0) is 4.74 Å². The number of anilines is 1. The molecular formula is C14H19ClN2O4. The Kier molecular flexibility index (Phi) is 6.45. The normalized spacial score (nSPS) is 11.8. The van der Waals surface area contributed by atoms with Crippen LogP contribution in [0.15, 0.2) is 18.2 Å². The highest BCUT2D eigenvalue weighted by Gasteiger charge is 2.20. The predicted octanol–water partition coefficient (Wildman–Crippen LogP) is 2.93. The van der Waals surface area contributed by atoms with Crippen LogP contribution in [0.25, 0.3) is 0 Å². The molecule has 21 heavy (non-hydrogen) atoms. The number of carboxylic acids is 1. The maximum Gasteiger partial charge on any atom is 0.337 e. The molecule has 1 aromatic rings. The molecule has 1 atom stereocenters. The van der Waals surface area contributed by atoms with Crippen molar-refractivity contribution in [1.82, 2.24) is 4.90 Å². The first-order valence-electron chi connectivity index (χ1n) is 6.50. The minimum atomic E-state index is -1.15. The van der Waals surface area contributed by atoms with Crippen LogP contribution in [0, 0.1) is 0 Å². The molecule has 0 fully saturated rings. The zero-order chi connectivity index (χ0) is 16.0. The van der Waals surface area contributed by atoms with E-state index in [9.17, 15) is 9.59 Å². The number of carbonyl (C=O) groups excluding carboxylic acids is 1. The lowest BCUT2D eigenvalue weighted by molar-refractivity contribution is 0.0698. The van der Waals surface area contributed by atoms with E-state index in [-0.39, 0.29) is 23.3 Å². The Bertz CT molecular complexity index is 522. The molecule has 0 bridgehead atoms. The number of carbonyl (C=O) groups is 2. The zero-order valence-corrected chi connectivity index (χ0v) is 13.0. The van der Waals surface area contributed by atoms with Gasteiger partial charge >= 0.3 is 12.0 Å². The largest absolute Gasteiger partial charge is 0.478 e. The fraction of sp³-hybridized carbons (Fsp3) is 0.429. The van der Waals surface area contributed by atoms with Gasteiger partial charge in [-0.25, -0.2) is 9.59 Å². The Morgan fingerprint density at radius 1 is 1.48 bits per heavy atom. The number of benzene rings is 1. The molecule has 1 rings (SSSR count). The van der Waals surface area contributed by atoms with E-state index in [1.54, 1.807) is 12.0 Å². The molecule has 0 saturated carbocycles. The molecule has 0 radical (unpaired) electrons. The highest BCUT2D eigenvalue weighted by atomic mass is 35.5. The van der Waals surface area contributed by atoms with E-state index in [0.717, 1.165) is 0 Å². The number of hydrogen-bond acceptors (Lipinski definition) is 3. The number of rotatable bonds is 6. The number of nitrogens with one attached hydrogen (secondary N) is 1. The molecule has 2 N–H and O–H groups in total. The second-order valence-corrected chi connectivity index (χ2v) is 4.95. The van der Waals surface area contributed by atoms with Gasteiger partial charge < -0.3 is 20.1 Å². The second kappa shape index (κ2) is 7.85. The summed E-state index contributed by atoms with van der Waals surface area (Å²) in [6.45, 7) is 4.57. The van der Waals surface area contributed by atoms with Crippen LogP contribution in [0.4, 0.5) is 10.5 Å². The molecule has 0 aliphatic carbocycles. The molecule has 0 saturated heterocycles. The fourth-order valence-electron chi connectivity index (χ4n) is 1.98. The van der Waals surface area contributed by atoms with Crippen molar-refractivity contribution in [3.8, 4) is 0 Å². The van der Waals surface area contributed by atoms with Gasteiger partial charge in [-0.05, 0) is 32.0 Å². The third-order valence-corrected chi connectivity index (χ3v) is 3.23. The van der Waals surface area contributed by atoms with E-state index in [1.165, 1.54) is 18.2 Å². The van der Waals surface area contributed by atoms with Crippen molar-refractivity contribution in [1.29, 1.82) is 0 Å². The molecule has 6 nitrogen and oxygen atoms in total. The van der Waals surface area contributed by atoms with Crippen molar-refractivity contribution in [2.24, 2.45) is 0 Å². The average Bonchev–Trinajstić information content (AvgIpc) is 2.41. The summed E-state index contributed by atoms with van der Waals surface area (Å²) in [7, 11) is 1.56. The summed E-state index contributed by atoms with van der Waals surface area (Å²) in [6, 6.07) is 3.79. The lowest BCUT2D eigenvalue weighted by Crippen LogP contribution is -2.43. The summed E-state index contributed by atoms with van der Waals surface area (Å²) in [5, 5.41) is 12.0. The lowest BCUT2D eigenvalue weighted by Gasteiger charge is -2.27. The quantitative estimate of drug-likeness (QED) is 0.846. The van der Waals surface area contributed by atoms with Crippen LogP contribution in [-0.4, -0.2) is 48.3 Å². The summed E-state index contributed by atoms with van der Waals surface area (Å²) < 4.78 is 5.03. The molecule has 0 aliphatic rings. The van der Waals surface area contributed by atoms with Gasteiger partial charge in [0, 0.05) is 18.7 Å². The molecular weight excluding hydrogens is 296 g/mol. The van der Waals surface area contributed by atoms with Crippen LogP contribution < -0.4 is 5.32 Å². The van der Waals surface area contributed by atoms with Gasteiger partial charge in [0.1, 0.15) is 0 Å². The SMILES string of the molecule is CCN(C(=O)Nc1ccc(Cl)cc1C(=O)O)C(C)COC. The number of halogens is 1. The number of likely N-dealkylation sites (N-methyl/N-ethyl adjacent to an activating group) is 1. The average molecular weight is 315 g/mol. The molecule has 0 spiro atoms. The van der Waals surface area contributed by atoms with Gasteiger partial charge in [-0.1, -0.05) is 11.6 Å². The minimum Gasteiger partial charge on any atom is -0.478 e. The molecule has 0 aliphatic heterocycles. The predicted molar refractivity (Wildman–Crippen MR) is 81.1 cm³/mol. The molecule has 7 heteroatoms. The molecule has 116 valence electrons. The second-order valence-electron chi connectivity index (χ2n) is 4.52. The Morgan fingerprint density at radius 2 is 2.14 bits per heavy atom. The Balaban J connectivity index is 2.94. The maximum absolute atomic E-state index is 12.3. The van der Waals surface area contributed by atoms with Gasteiger partial charge in [-0.15, -0.1) is 0 Å². The third-order valence-electron chi connectivity index (χ3n) is 3.00. The molecule has 0 aromatic heterocycles. The van der Waals surface area contributed by atoms with Gasteiger partial charge in [-0.2, -0.15) is 0 Å². The monoisotopic (exact) mass is 314 g/mol. The number of carboxylic acid groups (broad SMARTS) is 1. The summed E-state index contributed by atoms with van der Waals surface area (Å²) in [5.41, 5.74) is 0.159. The summed E-state index contributed by atoms with van der Waals surface area (Å²) in [5.74, 6) is -1.15. The number of ether oxygens (including phenoxy) is 1. The highest BCUT2D eigenvalue weighted by molar-refractivity contribution is 6.31. The van der Waals surface area contributed by atoms with Gasteiger partial charge in [0.25, 0.3) is 0 Å². The number of hydrogen-bond donors (Lipinski definition) is 2. The van der Waals surface area contributed by atoms with Crippen molar-refractivity contribution in [2.45, 2.75) is 19.9 Å². The van der Waals surface area contributed by atoms with Gasteiger partial charge in [0.2, 0.25) is 0 Å². The Hall–Kier alpha value is -1.79. The van der Waals surface area contributed by atoms with Crippen molar-refractivity contribution < 1.29 is 19.4 Å². The Labute approximate surface area is 128 Å². The smallest absolute Gasteiger partial charge is 0.337 e. The van der Waals surface area contributed by atoms with E-state index in [1.807, 2.05) is 13.8 Å². The van der Waals surface area contributed by atoms with Crippen molar-refractivity contribution in [2.75, 3.05) is 25.6 Å². The number of amides is 2. The molecule has 2 amide bonds. The van der Waals surface area contributed by atoms with E-state index in [4.69, 9.17) is 21.4 Å². The van der Waals surface area contributed by atoms with Gasteiger partial charge in [-0.3, -0.25) is 0 Å². The number of methoxy groups -OCH3 is 1. The van der Waals surface area contributed by atoms with Gasteiger partial charge in [0.05, 0.1) is 23.9 Å². The highest BCUT2D eigenvalue weighted by Crippen LogP contribution is 2.21. The first-order valence-corrected chi connectivity index (χ1v) is 6.87. The zero-order valence-electron chi connectivity index (χ0n) is 12.2. The number of urea groups is 1. The van der Waals surface area contributed by atoms with E-state index < -0.39 is 5.97 Å². The van der Waals surface area contributed by atoms with Crippen LogP contribution in [0.3, 0.4) is 0 Å². The molecule has 0 heterocycles. The topological polar surface area (TPSA) is 78.9 Å². The van der Waals surface area contributed by atoms with Crippen LogP contribution in [0.2, 0.25) is 5.02 Å². The van der Waals surface area contributed by atoms with Crippen LogP contribution in [0.5, 0.6) is 0 Å². The lowest BCUT2D eigenvalue weighted by atomic mass is 10.2. The van der Waals surface area contributed by atoms with Crippen molar-refractivity contribution in [3.05, 3.63) is 28.8 Å². The maximum atomic E-state index is 12.3. The van der Waals surface area contributed by atoms with Gasteiger partial charge in [0.15, 0.2) is 0 Å². The summed E-state index contributed by atoms with van der Waals surface area (Å²) in [6.07, 6.45) is 0. The van der Waals surface area contributed by atoms with E-state index >= 15 is 0 Å². The van der Waals surface area contributed by atoms with Crippen LogP contribution >= 0.6 is 11.6 Å². The summed E-state index contributed by atoms with van der Waals surface area (Å²) in [4.78, 5) is 25.0. The third kappa shape index (κ3) is 4.61. The number of aromatic carboxylic acids is 1. The minimum absolute atomic E-state index is 0.0497. The van der Waals surface area contributed by atoms with Crippen molar-refractivity contribution in [3.63, 3.8) is 0 Å².